The molecule has 1 heterocycles. The second-order valence-corrected chi connectivity index (χ2v) is 2.69. The van der Waals surface area contributed by atoms with E-state index < -0.39 is 35.9 Å². The highest BCUT2D eigenvalue weighted by atomic mass is 19.3. The molecule has 82 valence electrons. The number of aromatic hydroxyl groups is 1. The summed E-state index contributed by atoms with van der Waals surface area (Å²) in [5.41, 5.74) is 3.46. The molecule has 0 radical (unpaired) electrons. The minimum absolute atomic E-state index is 0.350. The van der Waals surface area contributed by atoms with Crippen molar-refractivity contribution < 1.29 is 23.8 Å². The molecular formula is C8H8F2N2O3. The van der Waals surface area contributed by atoms with Crippen molar-refractivity contribution in [2.45, 2.75) is 13.0 Å². The molecule has 15 heavy (non-hydrogen) atoms. The number of carboxylic acids is 1. The third-order valence-corrected chi connectivity index (χ3v) is 1.82. The third kappa shape index (κ3) is 2.01. The van der Waals surface area contributed by atoms with Crippen molar-refractivity contribution in [3.05, 3.63) is 23.0 Å². The number of alkyl halides is 2. The molecule has 0 aliphatic carbocycles. The Morgan fingerprint density at radius 1 is 1.60 bits per heavy atom. The number of halogens is 2. The fourth-order valence-corrected chi connectivity index (χ4v) is 1.19. The summed E-state index contributed by atoms with van der Waals surface area (Å²) >= 11 is 0. The summed E-state index contributed by atoms with van der Waals surface area (Å²) in [6.07, 6.45) is -2.26. The minimum Gasteiger partial charge on any atom is -0.505 e. The van der Waals surface area contributed by atoms with Crippen molar-refractivity contribution in [3.8, 4) is 5.75 Å². The van der Waals surface area contributed by atoms with Gasteiger partial charge in [0.2, 0.25) is 0 Å². The van der Waals surface area contributed by atoms with Gasteiger partial charge in [-0.2, -0.15) is 0 Å². The molecule has 1 aromatic rings. The van der Waals surface area contributed by atoms with Gasteiger partial charge in [0.15, 0.2) is 0 Å². The minimum atomic E-state index is -2.93. The Morgan fingerprint density at radius 2 is 2.20 bits per heavy atom. The van der Waals surface area contributed by atoms with Crippen molar-refractivity contribution in [3.63, 3.8) is 0 Å². The van der Waals surface area contributed by atoms with Crippen molar-refractivity contribution in [2.24, 2.45) is 5.73 Å². The molecule has 0 aromatic carbocycles. The van der Waals surface area contributed by atoms with Crippen LogP contribution in [-0.2, 0) is 6.54 Å². The zero-order chi connectivity index (χ0) is 11.6. The van der Waals surface area contributed by atoms with E-state index in [1.807, 2.05) is 0 Å². The van der Waals surface area contributed by atoms with Crippen molar-refractivity contribution in [1.82, 2.24) is 4.98 Å². The van der Waals surface area contributed by atoms with Crippen molar-refractivity contribution in [2.75, 3.05) is 0 Å². The first kappa shape index (κ1) is 11.3. The van der Waals surface area contributed by atoms with E-state index in [2.05, 4.69) is 4.98 Å². The fourth-order valence-electron chi connectivity index (χ4n) is 1.19. The maximum atomic E-state index is 12.4. The smallest absolute Gasteiger partial charge is 0.339 e. The lowest BCUT2D eigenvalue weighted by Crippen LogP contribution is -2.12. The second kappa shape index (κ2) is 4.18. The number of nitrogens with zero attached hydrogens (tertiary/aromatic N) is 1. The van der Waals surface area contributed by atoms with E-state index in [1.165, 1.54) is 0 Å². The molecule has 0 aliphatic heterocycles. The Kier molecular flexibility index (Phi) is 3.15. The van der Waals surface area contributed by atoms with E-state index in [0.29, 0.717) is 6.20 Å². The van der Waals surface area contributed by atoms with Gasteiger partial charge in [0.1, 0.15) is 17.0 Å². The number of carboxylic acid groups (broad SMARTS) is 1. The van der Waals surface area contributed by atoms with Crippen LogP contribution in [0.2, 0.25) is 0 Å². The maximum absolute atomic E-state index is 12.4. The predicted octanol–water partition coefficient (Wildman–Crippen LogP) is 0.882. The average Bonchev–Trinajstić information content (AvgIpc) is 2.15. The van der Waals surface area contributed by atoms with E-state index >= 15 is 0 Å². The van der Waals surface area contributed by atoms with Gasteiger partial charge >= 0.3 is 5.97 Å². The highest BCUT2D eigenvalue weighted by Crippen LogP contribution is 2.28. The number of hydrogen-bond acceptors (Lipinski definition) is 4. The van der Waals surface area contributed by atoms with Gasteiger partial charge in [-0.3, -0.25) is 4.98 Å². The van der Waals surface area contributed by atoms with Gasteiger partial charge in [-0.1, -0.05) is 0 Å². The van der Waals surface area contributed by atoms with Gasteiger partial charge in [0.25, 0.3) is 6.43 Å². The Hall–Kier alpha value is -1.76. The van der Waals surface area contributed by atoms with Crippen LogP contribution < -0.4 is 5.73 Å². The van der Waals surface area contributed by atoms with Crippen LogP contribution in [0.4, 0.5) is 8.78 Å². The lowest BCUT2D eigenvalue weighted by molar-refractivity contribution is 0.0691. The SMILES string of the molecule is NCc1c(C(F)F)ncc(O)c1C(=O)O. The van der Waals surface area contributed by atoms with E-state index in [9.17, 15) is 13.6 Å². The Morgan fingerprint density at radius 3 is 2.60 bits per heavy atom. The predicted molar refractivity (Wildman–Crippen MR) is 45.7 cm³/mol. The molecule has 4 N–H and O–H groups in total. The summed E-state index contributed by atoms with van der Waals surface area (Å²) in [5.74, 6) is -2.19. The summed E-state index contributed by atoms with van der Waals surface area (Å²) in [5, 5.41) is 17.9. The van der Waals surface area contributed by atoms with Crippen LogP contribution in [0.1, 0.15) is 28.0 Å². The number of aromatic carboxylic acids is 1. The van der Waals surface area contributed by atoms with Crippen LogP contribution in [0.5, 0.6) is 5.75 Å². The Balaban J connectivity index is 3.47. The first-order valence-electron chi connectivity index (χ1n) is 3.91. The fraction of sp³-hybridized carbons (Fsp3) is 0.250. The number of aromatic nitrogens is 1. The van der Waals surface area contributed by atoms with E-state index in [4.69, 9.17) is 15.9 Å². The molecule has 0 spiro atoms. The lowest BCUT2D eigenvalue weighted by Gasteiger charge is -2.10. The number of hydrogen-bond donors (Lipinski definition) is 3. The summed E-state index contributed by atoms with van der Waals surface area (Å²) in [6.45, 7) is -0.428. The number of rotatable bonds is 3. The van der Waals surface area contributed by atoms with Crippen molar-refractivity contribution in [1.29, 1.82) is 0 Å². The van der Waals surface area contributed by atoms with Crippen molar-refractivity contribution >= 4 is 5.97 Å². The second-order valence-electron chi connectivity index (χ2n) is 2.69. The van der Waals surface area contributed by atoms with Crippen LogP contribution >= 0.6 is 0 Å². The monoisotopic (exact) mass is 218 g/mol. The molecular weight excluding hydrogens is 210 g/mol. The number of pyridine rings is 1. The van der Waals surface area contributed by atoms with Crippen LogP contribution in [-0.4, -0.2) is 21.2 Å². The normalized spacial score (nSPS) is 10.7. The summed E-state index contributed by atoms with van der Waals surface area (Å²) in [7, 11) is 0. The van der Waals surface area contributed by atoms with Gasteiger partial charge in [0.05, 0.1) is 6.20 Å². The summed E-state index contributed by atoms with van der Waals surface area (Å²) < 4.78 is 24.8. The molecule has 0 aliphatic rings. The van der Waals surface area contributed by atoms with E-state index in [-0.39, 0.29) is 5.56 Å². The van der Waals surface area contributed by atoms with Gasteiger partial charge in [-0.05, 0) is 0 Å². The van der Waals surface area contributed by atoms with Gasteiger partial charge in [-0.15, -0.1) is 0 Å². The summed E-state index contributed by atoms with van der Waals surface area (Å²) in [6, 6.07) is 0. The van der Waals surface area contributed by atoms with E-state index in [0.717, 1.165) is 0 Å². The van der Waals surface area contributed by atoms with Crippen LogP contribution in [0.25, 0.3) is 0 Å². The van der Waals surface area contributed by atoms with Gasteiger partial charge in [-0.25, -0.2) is 13.6 Å². The molecule has 0 atom stereocenters. The molecule has 1 aromatic heterocycles. The molecule has 5 nitrogen and oxygen atoms in total. The lowest BCUT2D eigenvalue weighted by atomic mass is 10.1. The highest BCUT2D eigenvalue weighted by Gasteiger charge is 2.23. The molecule has 7 heteroatoms. The molecule has 0 fully saturated rings. The molecule has 0 bridgehead atoms. The first-order valence-corrected chi connectivity index (χ1v) is 3.91. The molecule has 0 unspecified atom stereocenters. The van der Waals surface area contributed by atoms with Crippen LogP contribution in [0, 0.1) is 0 Å². The first-order chi connectivity index (χ1) is 6.99. The largest absolute Gasteiger partial charge is 0.505 e. The molecule has 0 amide bonds. The Bertz CT molecular complexity index is 396. The zero-order valence-corrected chi connectivity index (χ0v) is 7.44. The molecule has 1 rings (SSSR count). The van der Waals surface area contributed by atoms with Crippen LogP contribution in [0.3, 0.4) is 0 Å². The molecule has 0 saturated heterocycles. The quantitative estimate of drug-likeness (QED) is 0.699. The number of carbonyl (C=O) groups is 1. The van der Waals surface area contributed by atoms with E-state index in [1.54, 1.807) is 0 Å². The number of nitrogens with two attached hydrogens (primary N) is 1. The van der Waals surface area contributed by atoms with Gasteiger partial charge in [0, 0.05) is 12.1 Å². The Labute approximate surface area is 83.2 Å². The topological polar surface area (TPSA) is 96.4 Å². The standard InChI is InChI=1S/C8H8F2N2O3/c9-7(10)6-3(1-11)5(8(14)15)4(13)2-12-6/h2,7,13H,1,11H2,(H,14,15). The third-order valence-electron chi connectivity index (χ3n) is 1.82. The zero-order valence-electron chi connectivity index (χ0n) is 7.44. The van der Waals surface area contributed by atoms with Crippen LogP contribution in [0.15, 0.2) is 6.20 Å². The van der Waals surface area contributed by atoms with Gasteiger partial charge < -0.3 is 15.9 Å². The molecule has 0 saturated carbocycles. The summed E-state index contributed by atoms with van der Waals surface area (Å²) in [4.78, 5) is 13.9. The maximum Gasteiger partial charge on any atom is 0.339 e. The average molecular weight is 218 g/mol. The highest BCUT2D eigenvalue weighted by molar-refractivity contribution is 5.92.